The SMILES string of the molecule is CCCCn1cc(CCCO)c2cc(C)cc(C)c21. The van der Waals surface area contributed by atoms with Crippen molar-refractivity contribution in [3.05, 3.63) is 35.0 Å². The summed E-state index contributed by atoms with van der Waals surface area (Å²) in [5.41, 5.74) is 5.45. The van der Waals surface area contributed by atoms with Crippen molar-refractivity contribution in [2.75, 3.05) is 6.61 Å². The van der Waals surface area contributed by atoms with Crippen molar-refractivity contribution < 1.29 is 5.11 Å². The van der Waals surface area contributed by atoms with E-state index in [9.17, 15) is 0 Å². The summed E-state index contributed by atoms with van der Waals surface area (Å²) in [6.45, 7) is 7.96. The molecule has 0 amide bonds. The number of unbranched alkanes of at least 4 members (excludes halogenated alkanes) is 1. The molecular formula is C17H25NO. The molecule has 2 aromatic rings. The van der Waals surface area contributed by atoms with Crippen LogP contribution in [0, 0.1) is 13.8 Å². The van der Waals surface area contributed by atoms with Crippen LogP contribution in [0.25, 0.3) is 10.9 Å². The van der Waals surface area contributed by atoms with Gasteiger partial charge in [0.25, 0.3) is 0 Å². The van der Waals surface area contributed by atoms with E-state index in [1.165, 1.54) is 40.4 Å². The number of hydrogen-bond donors (Lipinski definition) is 1. The molecule has 19 heavy (non-hydrogen) atoms. The number of aliphatic hydroxyl groups excluding tert-OH is 1. The third-order valence-corrected chi connectivity index (χ3v) is 3.75. The number of hydrogen-bond acceptors (Lipinski definition) is 1. The van der Waals surface area contributed by atoms with Gasteiger partial charge in [0.2, 0.25) is 0 Å². The van der Waals surface area contributed by atoms with E-state index < -0.39 is 0 Å². The summed E-state index contributed by atoms with van der Waals surface area (Å²) in [7, 11) is 0. The Kier molecular flexibility index (Phi) is 4.65. The van der Waals surface area contributed by atoms with E-state index in [2.05, 4.69) is 43.7 Å². The smallest absolute Gasteiger partial charge is 0.0513 e. The highest BCUT2D eigenvalue weighted by Crippen LogP contribution is 2.27. The van der Waals surface area contributed by atoms with E-state index in [1.54, 1.807) is 0 Å². The van der Waals surface area contributed by atoms with Gasteiger partial charge in [0.1, 0.15) is 0 Å². The lowest BCUT2D eigenvalue weighted by molar-refractivity contribution is 0.288. The van der Waals surface area contributed by atoms with Crippen LogP contribution in [0.1, 0.15) is 42.9 Å². The van der Waals surface area contributed by atoms with Crippen LogP contribution in [-0.4, -0.2) is 16.3 Å². The number of nitrogens with zero attached hydrogens (tertiary/aromatic N) is 1. The Morgan fingerprint density at radius 3 is 2.63 bits per heavy atom. The minimum absolute atomic E-state index is 0.270. The van der Waals surface area contributed by atoms with Gasteiger partial charge in [-0.15, -0.1) is 0 Å². The van der Waals surface area contributed by atoms with Gasteiger partial charge in [0.05, 0.1) is 5.52 Å². The highest BCUT2D eigenvalue weighted by molar-refractivity contribution is 5.87. The van der Waals surface area contributed by atoms with Crippen LogP contribution in [0.15, 0.2) is 18.3 Å². The molecule has 0 bridgehead atoms. The minimum atomic E-state index is 0.270. The molecule has 0 spiro atoms. The Hall–Kier alpha value is -1.28. The highest BCUT2D eigenvalue weighted by Gasteiger charge is 2.11. The lowest BCUT2D eigenvalue weighted by Crippen LogP contribution is -1.97. The number of fused-ring (bicyclic) bond motifs is 1. The Morgan fingerprint density at radius 1 is 1.16 bits per heavy atom. The molecule has 1 aromatic carbocycles. The predicted octanol–water partition coefficient (Wildman–Crippen LogP) is 3.98. The van der Waals surface area contributed by atoms with Crippen molar-refractivity contribution in [1.82, 2.24) is 4.57 Å². The maximum atomic E-state index is 9.05. The van der Waals surface area contributed by atoms with Crippen molar-refractivity contribution >= 4 is 10.9 Å². The Bertz CT molecular complexity index is 554. The zero-order chi connectivity index (χ0) is 13.8. The maximum Gasteiger partial charge on any atom is 0.0513 e. The summed E-state index contributed by atoms with van der Waals surface area (Å²) in [5.74, 6) is 0. The van der Waals surface area contributed by atoms with Crippen LogP contribution in [-0.2, 0) is 13.0 Å². The van der Waals surface area contributed by atoms with Gasteiger partial charge in [0, 0.05) is 24.7 Å². The highest BCUT2D eigenvalue weighted by atomic mass is 16.2. The average molecular weight is 259 g/mol. The lowest BCUT2D eigenvalue weighted by Gasteiger charge is -2.07. The number of benzene rings is 1. The van der Waals surface area contributed by atoms with Crippen LogP contribution >= 0.6 is 0 Å². The first-order valence-electron chi connectivity index (χ1n) is 7.37. The van der Waals surface area contributed by atoms with Gasteiger partial charge >= 0.3 is 0 Å². The first-order chi connectivity index (χ1) is 9.17. The van der Waals surface area contributed by atoms with E-state index in [4.69, 9.17) is 5.11 Å². The zero-order valence-corrected chi connectivity index (χ0v) is 12.4. The van der Waals surface area contributed by atoms with Crippen molar-refractivity contribution in [1.29, 1.82) is 0 Å². The van der Waals surface area contributed by atoms with Crippen LogP contribution in [0.5, 0.6) is 0 Å². The molecule has 0 aliphatic heterocycles. The molecule has 104 valence electrons. The standard InChI is InChI=1S/C17H25NO/c1-4-5-8-18-12-15(7-6-9-19)16-11-13(2)10-14(3)17(16)18/h10-12,19H,4-9H2,1-3H3. The molecule has 0 fully saturated rings. The van der Waals surface area contributed by atoms with Gasteiger partial charge in [0.15, 0.2) is 0 Å². The molecule has 0 unspecified atom stereocenters. The second kappa shape index (κ2) is 6.25. The maximum absolute atomic E-state index is 9.05. The first-order valence-corrected chi connectivity index (χ1v) is 7.37. The van der Waals surface area contributed by atoms with Crippen molar-refractivity contribution in [2.45, 2.75) is 53.0 Å². The zero-order valence-electron chi connectivity index (χ0n) is 12.4. The second-order valence-electron chi connectivity index (χ2n) is 5.51. The van der Waals surface area contributed by atoms with Crippen molar-refractivity contribution in [3.8, 4) is 0 Å². The third kappa shape index (κ3) is 3.01. The quantitative estimate of drug-likeness (QED) is 0.834. The Balaban J connectivity index is 2.49. The normalized spacial score (nSPS) is 11.4. The van der Waals surface area contributed by atoms with Crippen molar-refractivity contribution in [3.63, 3.8) is 0 Å². The molecule has 0 saturated carbocycles. The van der Waals surface area contributed by atoms with Gasteiger partial charge in [-0.3, -0.25) is 0 Å². The lowest BCUT2D eigenvalue weighted by atomic mass is 10.0. The third-order valence-electron chi connectivity index (χ3n) is 3.75. The molecular weight excluding hydrogens is 234 g/mol. The van der Waals surface area contributed by atoms with E-state index in [1.807, 2.05) is 0 Å². The van der Waals surface area contributed by atoms with E-state index in [0.717, 1.165) is 19.4 Å². The molecule has 2 heteroatoms. The molecule has 0 atom stereocenters. The number of aromatic nitrogens is 1. The monoisotopic (exact) mass is 259 g/mol. The fourth-order valence-electron chi connectivity index (χ4n) is 2.88. The van der Waals surface area contributed by atoms with Crippen LogP contribution in [0.4, 0.5) is 0 Å². The summed E-state index contributed by atoms with van der Waals surface area (Å²) < 4.78 is 2.40. The first kappa shape index (κ1) is 14.1. The largest absolute Gasteiger partial charge is 0.396 e. The summed E-state index contributed by atoms with van der Waals surface area (Å²) in [6, 6.07) is 4.55. The van der Waals surface area contributed by atoms with Gasteiger partial charge in [-0.1, -0.05) is 25.0 Å². The molecule has 0 saturated heterocycles. The van der Waals surface area contributed by atoms with Gasteiger partial charge in [-0.25, -0.2) is 0 Å². The van der Waals surface area contributed by atoms with E-state index in [0.29, 0.717) is 0 Å². The molecule has 2 nitrogen and oxygen atoms in total. The van der Waals surface area contributed by atoms with Crippen molar-refractivity contribution in [2.24, 2.45) is 0 Å². The summed E-state index contributed by atoms with van der Waals surface area (Å²) >= 11 is 0. The molecule has 2 rings (SSSR count). The van der Waals surface area contributed by atoms with E-state index in [-0.39, 0.29) is 6.61 Å². The summed E-state index contributed by atoms with van der Waals surface area (Å²) in [5, 5.41) is 10.4. The van der Waals surface area contributed by atoms with Gasteiger partial charge in [-0.2, -0.15) is 0 Å². The average Bonchev–Trinajstić information content (AvgIpc) is 2.72. The van der Waals surface area contributed by atoms with Crippen LogP contribution in [0.2, 0.25) is 0 Å². The molecule has 1 heterocycles. The molecule has 0 aliphatic rings. The molecule has 1 aromatic heterocycles. The van der Waals surface area contributed by atoms with E-state index >= 15 is 0 Å². The van der Waals surface area contributed by atoms with Crippen LogP contribution in [0.3, 0.4) is 0 Å². The van der Waals surface area contributed by atoms with Gasteiger partial charge in [-0.05, 0) is 50.3 Å². The van der Waals surface area contributed by atoms with Crippen LogP contribution < -0.4 is 0 Å². The fraction of sp³-hybridized carbons (Fsp3) is 0.529. The number of rotatable bonds is 6. The number of aliphatic hydroxyl groups is 1. The molecule has 0 aliphatic carbocycles. The van der Waals surface area contributed by atoms with Gasteiger partial charge < -0.3 is 9.67 Å². The minimum Gasteiger partial charge on any atom is -0.396 e. The second-order valence-corrected chi connectivity index (χ2v) is 5.51. The number of aryl methyl sites for hydroxylation is 4. The summed E-state index contributed by atoms with van der Waals surface area (Å²) in [4.78, 5) is 0. The Labute approximate surface area is 116 Å². The molecule has 1 N–H and O–H groups in total. The fourth-order valence-corrected chi connectivity index (χ4v) is 2.88. The summed E-state index contributed by atoms with van der Waals surface area (Å²) in [6.07, 6.45) is 6.55. The topological polar surface area (TPSA) is 25.2 Å². The Morgan fingerprint density at radius 2 is 1.95 bits per heavy atom. The predicted molar refractivity (Wildman–Crippen MR) is 81.7 cm³/mol. The molecule has 0 radical (unpaired) electrons.